The van der Waals surface area contributed by atoms with Crippen LogP contribution >= 0.6 is 0 Å². The van der Waals surface area contributed by atoms with Gasteiger partial charge in [-0.25, -0.2) is 0 Å². The summed E-state index contributed by atoms with van der Waals surface area (Å²) in [7, 11) is 3.36. The van der Waals surface area contributed by atoms with Crippen molar-refractivity contribution in [2.75, 3.05) is 27.4 Å². The van der Waals surface area contributed by atoms with Crippen LogP contribution in [0.5, 0.6) is 0 Å². The SMILES string of the molecule is COCC(OC)c1ccccc1/C=C/CN. The summed E-state index contributed by atoms with van der Waals surface area (Å²) in [6, 6.07) is 8.09. The number of hydrogen-bond acceptors (Lipinski definition) is 3. The van der Waals surface area contributed by atoms with Crippen LogP contribution < -0.4 is 5.73 Å². The molecule has 16 heavy (non-hydrogen) atoms. The van der Waals surface area contributed by atoms with Crippen LogP contribution in [0, 0.1) is 0 Å². The summed E-state index contributed by atoms with van der Waals surface area (Å²) in [6.45, 7) is 1.08. The smallest absolute Gasteiger partial charge is 0.106 e. The van der Waals surface area contributed by atoms with E-state index >= 15 is 0 Å². The number of ether oxygens (including phenoxy) is 2. The molecule has 0 aromatic heterocycles. The van der Waals surface area contributed by atoms with Crippen LogP contribution in [-0.2, 0) is 9.47 Å². The first-order chi connectivity index (χ1) is 7.83. The van der Waals surface area contributed by atoms with Crippen LogP contribution in [0.2, 0.25) is 0 Å². The highest BCUT2D eigenvalue weighted by Crippen LogP contribution is 2.22. The summed E-state index contributed by atoms with van der Waals surface area (Å²) in [5.41, 5.74) is 7.69. The van der Waals surface area contributed by atoms with Crippen LogP contribution in [-0.4, -0.2) is 27.4 Å². The number of hydrogen-bond donors (Lipinski definition) is 1. The van der Waals surface area contributed by atoms with Gasteiger partial charge in [0.1, 0.15) is 6.10 Å². The van der Waals surface area contributed by atoms with Crippen LogP contribution in [0.25, 0.3) is 6.08 Å². The molecule has 0 bridgehead atoms. The Labute approximate surface area is 96.9 Å². The van der Waals surface area contributed by atoms with Crippen molar-refractivity contribution >= 4 is 6.08 Å². The van der Waals surface area contributed by atoms with E-state index in [1.807, 2.05) is 36.4 Å². The molecule has 0 heterocycles. The molecule has 2 N–H and O–H groups in total. The first-order valence-corrected chi connectivity index (χ1v) is 5.30. The van der Waals surface area contributed by atoms with Crippen molar-refractivity contribution in [1.29, 1.82) is 0 Å². The fourth-order valence-electron chi connectivity index (χ4n) is 1.59. The van der Waals surface area contributed by atoms with Gasteiger partial charge in [0.15, 0.2) is 0 Å². The van der Waals surface area contributed by atoms with Crippen molar-refractivity contribution in [2.24, 2.45) is 5.73 Å². The van der Waals surface area contributed by atoms with Gasteiger partial charge in [0.05, 0.1) is 6.61 Å². The van der Waals surface area contributed by atoms with E-state index in [2.05, 4.69) is 0 Å². The van der Waals surface area contributed by atoms with Gasteiger partial charge in [0, 0.05) is 20.8 Å². The third kappa shape index (κ3) is 3.45. The molecule has 3 heteroatoms. The van der Waals surface area contributed by atoms with Gasteiger partial charge in [-0.1, -0.05) is 36.4 Å². The van der Waals surface area contributed by atoms with Gasteiger partial charge in [-0.3, -0.25) is 0 Å². The predicted octanol–water partition coefficient (Wildman–Crippen LogP) is 1.99. The topological polar surface area (TPSA) is 44.5 Å². The zero-order valence-corrected chi connectivity index (χ0v) is 9.85. The van der Waals surface area contributed by atoms with E-state index in [1.165, 1.54) is 0 Å². The Morgan fingerprint density at radius 1 is 1.31 bits per heavy atom. The van der Waals surface area contributed by atoms with Gasteiger partial charge in [0.2, 0.25) is 0 Å². The van der Waals surface area contributed by atoms with Crippen molar-refractivity contribution in [1.82, 2.24) is 0 Å². The van der Waals surface area contributed by atoms with E-state index in [-0.39, 0.29) is 6.10 Å². The number of nitrogens with two attached hydrogens (primary N) is 1. The highest BCUT2D eigenvalue weighted by molar-refractivity contribution is 5.54. The Hall–Kier alpha value is -1.16. The molecule has 0 amide bonds. The first-order valence-electron chi connectivity index (χ1n) is 5.30. The minimum Gasteiger partial charge on any atom is -0.382 e. The van der Waals surface area contributed by atoms with Crippen LogP contribution in [0.1, 0.15) is 17.2 Å². The molecule has 1 aromatic rings. The molecular formula is C13H19NO2. The van der Waals surface area contributed by atoms with E-state index in [1.54, 1.807) is 14.2 Å². The largest absolute Gasteiger partial charge is 0.382 e. The number of benzene rings is 1. The summed E-state index contributed by atoms with van der Waals surface area (Å²) in [5, 5.41) is 0. The molecule has 0 saturated carbocycles. The zero-order valence-electron chi connectivity index (χ0n) is 9.85. The minimum absolute atomic E-state index is 0.0383. The normalized spacial score (nSPS) is 13.2. The first kappa shape index (κ1) is 12.9. The molecule has 0 aliphatic heterocycles. The monoisotopic (exact) mass is 221 g/mol. The lowest BCUT2D eigenvalue weighted by molar-refractivity contribution is 0.0274. The standard InChI is InChI=1S/C13H19NO2/c1-15-10-13(16-2)12-8-4-3-6-11(12)7-5-9-14/h3-8,13H,9-10,14H2,1-2H3/b7-5+. The van der Waals surface area contributed by atoms with E-state index in [0.29, 0.717) is 13.2 Å². The number of rotatable bonds is 6. The van der Waals surface area contributed by atoms with Crippen LogP contribution in [0.3, 0.4) is 0 Å². The molecule has 0 aliphatic carbocycles. The molecule has 0 radical (unpaired) electrons. The average Bonchev–Trinajstić information content (AvgIpc) is 2.34. The van der Waals surface area contributed by atoms with E-state index in [4.69, 9.17) is 15.2 Å². The van der Waals surface area contributed by atoms with Gasteiger partial charge < -0.3 is 15.2 Å². The summed E-state index contributed by atoms with van der Waals surface area (Å²) in [5.74, 6) is 0. The van der Waals surface area contributed by atoms with E-state index < -0.39 is 0 Å². The highest BCUT2D eigenvalue weighted by Gasteiger charge is 2.12. The highest BCUT2D eigenvalue weighted by atomic mass is 16.5. The fourth-order valence-corrected chi connectivity index (χ4v) is 1.59. The lowest BCUT2D eigenvalue weighted by atomic mass is 10.0. The molecule has 1 atom stereocenters. The Kier molecular flexibility index (Phi) is 5.78. The van der Waals surface area contributed by atoms with Crippen molar-refractivity contribution < 1.29 is 9.47 Å². The van der Waals surface area contributed by atoms with Crippen molar-refractivity contribution in [3.05, 3.63) is 41.5 Å². The third-order valence-corrected chi connectivity index (χ3v) is 2.38. The van der Waals surface area contributed by atoms with Crippen molar-refractivity contribution in [2.45, 2.75) is 6.10 Å². The van der Waals surface area contributed by atoms with Gasteiger partial charge >= 0.3 is 0 Å². The fraction of sp³-hybridized carbons (Fsp3) is 0.385. The lowest BCUT2D eigenvalue weighted by Gasteiger charge is -2.17. The van der Waals surface area contributed by atoms with Crippen LogP contribution in [0.4, 0.5) is 0 Å². The van der Waals surface area contributed by atoms with Gasteiger partial charge in [-0.15, -0.1) is 0 Å². The van der Waals surface area contributed by atoms with E-state index in [0.717, 1.165) is 11.1 Å². The van der Waals surface area contributed by atoms with Gasteiger partial charge in [0.25, 0.3) is 0 Å². The number of methoxy groups -OCH3 is 2. The Bertz CT molecular complexity index is 336. The Balaban J connectivity index is 2.96. The molecule has 88 valence electrons. The second kappa shape index (κ2) is 7.17. The molecule has 0 spiro atoms. The zero-order chi connectivity index (χ0) is 11.8. The Morgan fingerprint density at radius 2 is 2.06 bits per heavy atom. The second-order valence-corrected chi connectivity index (χ2v) is 3.45. The maximum absolute atomic E-state index is 5.45. The molecule has 1 rings (SSSR count). The second-order valence-electron chi connectivity index (χ2n) is 3.45. The molecule has 3 nitrogen and oxygen atoms in total. The lowest BCUT2D eigenvalue weighted by Crippen LogP contribution is -2.09. The molecular weight excluding hydrogens is 202 g/mol. The predicted molar refractivity (Wildman–Crippen MR) is 66.2 cm³/mol. The third-order valence-electron chi connectivity index (χ3n) is 2.38. The summed E-state index contributed by atoms with van der Waals surface area (Å²) < 4.78 is 10.5. The van der Waals surface area contributed by atoms with Crippen molar-refractivity contribution in [3.8, 4) is 0 Å². The Morgan fingerprint density at radius 3 is 2.69 bits per heavy atom. The molecule has 1 unspecified atom stereocenters. The summed E-state index contributed by atoms with van der Waals surface area (Å²) in [4.78, 5) is 0. The van der Waals surface area contributed by atoms with Crippen LogP contribution in [0.15, 0.2) is 30.3 Å². The summed E-state index contributed by atoms with van der Waals surface area (Å²) >= 11 is 0. The molecule has 0 fully saturated rings. The van der Waals surface area contributed by atoms with Crippen molar-refractivity contribution in [3.63, 3.8) is 0 Å². The van der Waals surface area contributed by atoms with Gasteiger partial charge in [-0.2, -0.15) is 0 Å². The quantitative estimate of drug-likeness (QED) is 0.799. The molecule has 0 saturated heterocycles. The van der Waals surface area contributed by atoms with E-state index in [9.17, 15) is 0 Å². The summed E-state index contributed by atoms with van der Waals surface area (Å²) in [6.07, 6.45) is 3.90. The molecule has 0 aliphatic rings. The average molecular weight is 221 g/mol. The molecule has 1 aromatic carbocycles. The maximum atomic E-state index is 5.45. The van der Waals surface area contributed by atoms with Gasteiger partial charge in [-0.05, 0) is 11.1 Å². The maximum Gasteiger partial charge on any atom is 0.106 e. The minimum atomic E-state index is -0.0383.